The Morgan fingerprint density at radius 3 is 2.41 bits per heavy atom. The summed E-state index contributed by atoms with van der Waals surface area (Å²) in [6.45, 7) is 3.35. The van der Waals surface area contributed by atoms with E-state index in [1.54, 1.807) is 48.5 Å². The molecule has 1 heterocycles. The van der Waals surface area contributed by atoms with E-state index in [4.69, 9.17) is 11.6 Å². The van der Waals surface area contributed by atoms with Gasteiger partial charge in [0.15, 0.2) is 0 Å². The monoisotopic (exact) mass is 400 g/mol. The Labute approximate surface area is 166 Å². The van der Waals surface area contributed by atoms with Crippen LogP contribution >= 0.6 is 23.4 Å². The SMILES string of the molecule is CCSC1=C(c2ccc(NC(C)=O)cc2)C(=O)N(c2cccc(Cl)c2)C1=O. The maximum absolute atomic E-state index is 13.1. The van der Waals surface area contributed by atoms with E-state index in [0.717, 1.165) is 4.90 Å². The number of halogens is 1. The Morgan fingerprint density at radius 1 is 1.11 bits per heavy atom. The molecule has 0 saturated heterocycles. The second-order valence-electron chi connectivity index (χ2n) is 5.82. The van der Waals surface area contributed by atoms with E-state index in [2.05, 4.69) is 5.32 Å². The highest BCUT2D eigenvalue weighted by Crippen LogP contribution is 2.39. The molecule has 0 radical (unpaired) electrons. The third kappa shape index (κ3) is 3.91. The summed E-state index contributed by atoms with van der Waals surface area (Å²) < 4.78 is 0. The van der Waals surface area contributed by atoms with Crippen LogP contribution in [0.4, 0.5) is 11.4 Å². The van der Waals surface area contributed by atoms with Crippen LogP contribution < -0.4 is 10.2 Å². The predicted molar refractivity (Wildman–Crippen MR) is 110 cm³/mol. The molecule has 0 aliphatic carbocycles. The van der Waals surface area contributed by atoms with Gasteiger partial charge in [-0.3, -0.25) is 14.4 Å². The second kappa shape index (κ2) is 7.98. The van der Waals surface area contributed by atoms with Crippen LogP contribution in [-0.4, -0.2) is 23.5 Å². The highest BCUT2D eigenvalue weighted by atomic mass is 35.5. The molecule has 5 nitrogen and oxygen atoms in total. The van der Waals surface area contributed by atoms with Gasteiger partial charge in [-0.05, 0) is 41.6 Å². The average molecular weight is 401 g/mol. The van der Waals surface area contributed by atoms with Gasteiger partial charge in [-0.15, -0.1) is 11.8 Å². The standard InChI is InChI=1S/C20H17ClN2O3S/c1-3-27-18-17(13-7-9-15(10-8-13)22-12(2)24)19(25)23(20(18)26)16-6-4-5-14(21)11-16/h4-11H,3H2,1-2H3,(H,22,24). The average Bonchev–Trinajstić information content (AvgIpc) is 2.86. The van der Waals surface area contributed by atoms with E-state index in [9.17, 15) is 14.4 Å². The van der Waals surface area contributed by atoms with Crippen molar-refractivity contribution in [3.05, 3.63) is 64.0 Å². The van der Waals surface area contributed by atoms with Crippen molar-refractivity contribution in [3.8, 4) is 0 Å². The molecule has 2 aromatic rings. The number of amides is 3. The van der Waals surface area contributed by atoms with Crippen molar-refractivity contribution in [3.63, 3.8) is 0 Å². The Morgan fingerprint density at radius 2 is 1.81 bits per heavy atom. The number of hydrogen-bond donors (Lipinski definition) is 1. The summed E-state index contributed by atoms with van der Waals surface area (Å²) in [5.41, 5.74) is 2.06. The summed E-state index contributed by atoms with van der Waals surface area (Å²) in [5.74, 6) is -0.255. The predicted octanol–water partition coefficient (Wildman–Crippen LogP) is 4.34. The summed E-state index contributed by atoms with van der Waals surface area (Å²) in [6, 6.07) is 13.5. The van der Waals surface area contributed by atoms with E-state index in [-0.39, 0.29) is 17.7 Å². The largest absolute Gasteiger partial charge is 0.326 e. The fourth-order valence-electron chi connectivity index (χ4n) is 2.82. The summed E-state index contributed by atoms with van der Waals surface area (Å²) in [7, 11) is 0. The van der Waals surface area contributed by atoms with Gasteiger partial charge in [0, 0.05) is 17.6 Å². The van der Waals surface area contributed by atoms with Crippen LogP contribution in [0.3, 0.4) is 0 Å². The molecule has 0 spiro atoms. The van der Waals surface area contributed by atoms with Crippen molar-refractivity contribution < 1.29 is 14.4 Å². The van der Waals surface area contributed by atoms with Gasteiger partial charge in [-0.25, -0.2) is 4.90 Å². The van der Waals surface area contributed by atoms with E-state index >= 15 is 0 Å². The molecule has 1 N–H and O–H groups in total. The number of hydrogen-bond acceptors (Lipinski definition) is 4. The van der Waals surface area contributed by atoms with Gasteiger partial charge in [-0.1, -0.05) is 36.7 Å². The topological polar surface area (TPSA) is 66.5 Å². The highest BCUT2D eigenvalue weighted by molar-refractivity contribution is 8.04. The van der Waals surface area contributed by atoms with Gasteiger partial charge in [0.2, 0.25) is 5.91 Å². The number of imide groups is 1. The first-order chi connectivity index (χ1) is 12.9. The minimum absolute atomic E-state index is 0.177. The molecule has 2 aromatic carbocycles. The molecule has 138 valence electrons. The Kier molecular flexibility index (Phi) is 5.68. The van der Waals surface area contributed by atoms with Crippen molar-refractivity contribution in [1.82, 2.24) is 0 Å². The number of thioether (sulfide) groups is 1. The summed E-state index contributed by atoms with van der Waals surface area (Å²) in [4.78, 5) is 38.8. The normalized spacial score (nSPS) is 14.1. The van der Waals surface area contributed by atoms with Crippen molar-refractivity contribution in [2.75, 3.05) is 16.0 Å². The third-order valence-corrected chi connectivity index (χ3v) is 5.08. The molecule has 0 fully saturated rings. The molecule has 1 aliphatic rings. The number of rotatable bonds is 5. The van der Waals surface area contributed by atoms with Gasteiger partial charge in [0.25, 0.3) is 11.8 Å². The maximum Gasteiger partial charge on any atom is 0.272 e. The zero-order valence-corrected chi connectivity index (χ0v) is 16.4. The van der Waals surface area contributed by atoms with E-state index in [0.29, 0.717) is 38.2 Å². The minimum atomic E-state index is -0.384. The second-order valence-corrected chi connectivity index (χ2v) is 7.53. The third-order valence-electron chi connectivity index (χ3n) is 3.89. The van der Waals surface area contributed by atoms with Gasteiger partial charge < -0.3 is 5.32 Å². The summed E-state index contributed by atoms with van der Waals surface area (Å²) in [5, 5.41) is 3.13. The van der Waals surface area contributed by atoms with Crippen LogP contribution in [0.15, 0.2) is 53.4 Å². The van der Waals surface area contributed by atoms with Crippen LogP contribution in [0.1, 0.15) is 19.4 Å². The number of nitrogens with zero attached hydrogens (tertiary/aromatic N) is 1. The van der Waals surface area contributed by atoms with Crippen LogP contribution in [0.2, 0.25) is 5.02 Å². The van der Waals surface area contributed by atoms with Crippen molar-refractivity contribution >= 4 is 58.0 Å². The lowest BCUT2D eigenvalue weighted by Gasteiger charge is -2.15. The highest BCUT2D eigenvalue weighted by Gasteiger charge is 2.40. The summed E-state index contributed by atoms with van der Waals surface area (Å²) in [6.07, 6.45) is 0. The minimum Gasteiger partial charge on any atom is -0.326 e. The van der Waals surface area contributed by atoms with Crippen molar-refractivity contribution in [1.29, 1.82) is 0 Å². The molecule has 3 amide bonds. The Hall–Kier alpha value is -2.57. The smallest absolute Gasteiger partial charge is 0.272 e. The van der Waals surface area contributed by atoms with E-state index < -0.39 is 0 Å². The van der Waals surface area contributed by atoms with E-state index in [1.165, 1.54) is 18.7 Å². The molecular weight excluding hydrogens is 384 g/mol. The molecule has 1 aliphatic heterocycles. The van der Waals surface area contributed by atoms with Crippen molar-refractivity contribution in [2.24, 2.45) is 0 Å². The first kappa shape index (κ1) is 19.2. The number of nitrogens with one attached hydrogen (secondary N) is 1. The van der Waals surface area contributed by atoms with Gasteiger partial charge in [0.05, 0.1) is 16.2 Å². The number of benzene rings is 2. The first-order valence-corrected chi connectivity index (χ1v) is 9.68. The van der Waals surface area contributed by atoms with Crippen LogP contribution in [0.25, 0.3) is 5.57 Å². The molecule has 0 saturated carbocycles. The quantitative estimate of drug-likeness (QED) is 0.758. The fourth-order valence-corrected chi connectivity index (χ4v) is 3.85. The Balaban J connectivity index is 2.02. The van der Waals surface area contributed by atoms with Gasteiger partial charge in [0.1, 0.15) is 0 Å². The molecular formula is C20H17ClN2O3S. The zero-order chi connectivity index (χ0) is 19.6. The molecule has 3 rings (SSSR count). The Bertz CT molecular complexity index is 954. The van der Waals surface area contributed by atoms with Crippen LogP contribution in [-0.2, 0) is 14.4 Å². The maximum atomic E-state index is 13.1. The van der Waals surface area contributed by atoms with Crippen LogP contribution in [0.5, 0.6) is 0 Å². The number of carbonyl (C=O) groups is 3. The first-order valence-electron chi connectivity index (χ1n) is 8.31. The number of anilines is 2. The number of carbonyl (C=O) groups excluding carboxylic acids is 3. The molecule has 7 heteroatoms. The molecule has 0 atom stereocenters. The van der Waals surface area contributed by atoms with Gasteiger partial charge >= 0.3 is 0 Å². The zero-order valence-electron chi connectivity index (χ0n) is 14.8. The molecule has 0 aromatic heterocycles. The lowest BCUT2D eigenvalue weighted by atomic mass is 10.1. The fraction of sp³-hybridized carbons (Fsp3) is 0.150. The van der Waals surface area contributed by atoms with Gasteiger partial charge in [-0.2, -0.15) is 0 Å². The van der Waals surface area contributed by atoms with Crippen LogP contribution in [0, 0.1) is 0 Å². The summed E-state index contributed by atoms with van der Waals surface area (Å²) >= 11 is 7.36. The van der Waals surface area contributed by atoms with Crippen molar-refractivity contribution in [2.45, 2.75) is 13.8 Å². The lowest BCUT2D eigenvalue weighted by Crippen LogP contribution is -2.31. The molecule has 0 unspecified atom stereocenters. The lowest BCUT2D eigenvalue weighted by molar-refractivity contribution is -0.120. The molecule has 0 bridgehead atoms. The molecule has 27 heavy (non-hydrogen) atoms. The van der Waals surface area contributed by atoms with E-state index in [1.807, 2.05) is 6.92 Å².